The van der Waals surface area contributed by atoms with Crippen molar-refractivity contribution in [2.24, 2.45) is 0 Å². The van der Waals surface area contributed by atoms with Gasteiger partial charge in [0.2, 0.25) is 11.9 Å². The number of carbonyl (C=O) groups excluding carboxylic acids is 1. The van der Waals surface area contributed by atoms with Gasteiger partial charge in [0, 0.05) is 69.3 Å². The maximum Gasteiger partial charge on any atom is 0.229 e. The molecule has 2 saturated heterocycles. The van der Waals surface area contributed by atoms with Crippen molar-refractivity contribution in [3.63, 3.8) is 0 Å². The zero-order valence-corrected chi connectivity index (χ0v) is 16.7. The van der Waals surface area contributed by atoms with Gasteiger partial charge in [0.25, 0.3) is 0 Å². The highest BCUT2D eigenvalue weighted by Crippen LogP contribution is 2.24. The summed E-state index contributed by atoms with van der Waals surface area (Å²) in [5, 5.41) is 3.34. The van der Waals surface area contributed by atoms with Crippen molar-refractivity contribution in [2.75, 3.05) is 54.4 Å². The summed E-state index contributed by atoms with van der Waals surface area (Å²) in [4.78, 5) is 27.3. The molecule has 7 nitrogen and oxygen atoms in total. The van der Waals surface area contributed by atoms with Gasteiger partial charge in [0.05, 0.1) is 0 Å². The third-order valence-electron chi connectivity index (χ3n) is 5.48. The van der Waals surface area contributed by atoms with Crippen LogP contribution in [-0.4, -0.2) is 60.0 Å². The molecule has 2 aromatic rings. The normalized spacial score (nSPS) is 17.1. The molecule has 0 radical (unpaired) electrons. The van der Waals surface area contributed by atoms with Crippen LogP contribution in [0, 0.1) is 6.92 Å². The molecular weight excluding hydrogens is 352 g/mol. The Morgan fingerprint density at radius 3 is 2.25 bits per heavy atom. The Bertz CT molecular complexity index is 823. The van der Waals surface area contributed by atoms with Crippen LogP contribution in [0.2, 0.25) is 0 Å². The minimum atomic E-state index is 0.137. The first-order valence-corrected chi connectivity index (χ1v) is 10.1. The lowest BCUT2D eigenvalue weighted by Gasteiger charge is -2.35. The monoisotopic (exact) mass is 380 g/mol. The maximum atomic E-state index is 11.5. The minimum Gasteiger partial charge on any atom is -0.372 e. The molecule has 0 spiro atoms. The van der Waals surface area contributed by atoms with Crippen molar-refractivity contribution < 1.29 is 4.79 Å². The SMILES string of the molecule is CC(=O)N1CCN(c2cc(C)nc(Nc3ccc(N4CCCC4)cc3)n2)CC1. The number of nitrogens with one attached hydrogen (secondary N) is 1. The number of piperazine rings is 1. The highest BCUT2D eigenvalue weighted by molar-refractivity contribution is 5.73. The Balaban J connectivity index is 1.44. The second-order valence-corrected chi connectivity index (χ2v) is 7.55. The highest BCUT2D eigenvalue weighted by atomic mass is 16.2. The Labute approximate surface area is 166 Å². The molecule has 1 aromatic heterocycles. The van der Waals surface area contributed by atoms with E-state index in [1.807, 2.05) is 17.9 Å². The Morgan fingerprint density at radius 1 is 0.929 bits per heavy atom. The molecule has 0 saturated carbocycles. The van der Waals surface area contributed by atoms with E-state index >= 15 is 0 Å². The third-order valence-corrected chi connectivity index (χ3v) is 5.48. The molecule has 1 aromatic carbocycles. The molecule has 1 N–H and O–H groups in total. The molecule has 28 heavy (non-hydrogen) atoms. The van der Waals surface area contributed by atoms with Crippen molar-refractivity contribution in [3.05, 3.63) is 36.0 Å². The van der Waals surface area contributed by atoms with E-state index in [1.165, 1.54) is 18.5 Å². The smallest absolute Gasteiger partial charge is 0.229 e. The quantitative estimate of drug-likeness (QED) is 0.880. The fourth-order valence-electron chi connectivity index (χ4n) is 3.88. The van der Waals surface area contributed by atoms with Crippen molar-refractivity contribution in [1.82, 2.24) is 14.9 Å². The average molecular weight is 380 g/mol. The molecule has 4 rings (SSSR count). The number of hydrogen-bond donors (Lipinski definition) is 1. The van der Waals surface area contributed by atoms with E-state index in [0.717, 1.165) is 56.5 Å². The number of benzene rings is 1. The summed E-state index contributed by atoms with van der Waals surface area (Å²) >= 11 is 0. The van der Waals surface area contributed by atoms with Crippen LogP contribution in [0.4, 0.5) is 23.1 Å². The Hall–Kier alpha value is -2.83. The summed E-state index contributed by atoms with van der Waals surface area (Å²) < 4.78 is 0. The van der Waals surface area contributed by atoms with Crippen LogP contribution in [0.15, 0.2) is 30.3 Å². The van der Waals surface area contributed by atoms with Crippen LogP contribution in [0.3, 0.4) is 0 Å². The first-order chi connectivity index (χ1) is 13.6. The number of carbonyl (C=O) groups is 1. The number of aromatic nitrogens is 2. The molecular formula is C21H28N6O. The molecule has 1 amide bonds. The molecule has 148 valence electrons. The van der Waals surface area contributed by atoms with Gasteiger partial charge in [-0.3, -0.25) is 4.79 Å². The van der Waals surface area contributed by atoms with Crippen molar-refractivity contribution >= 4 is 29.0 Å². The molecule has 0 atom stereocenters. The van der Waals surface area contributed by atoms with Gasteiger partial charge in [-0.25, -0.2) is 4.98 Å². The number of rotatable bonds is 4. The van der Waals surface area contributed by atoms with E-state index in [0.29, 0.717) is 5.95 Å². The van der Waals surface area contributed by atoms with Crippen LogP contribution in [0.25, 0.3) is 0 Å². The molecule has 0 bridgehead atoms. The van der Waals surface area contributed by atoms with E-state index < -0.39 is 0 Å². The van der Waals surface area contributed by atoms with Crippen molar-refractivity contribution in [2.45, 2.75) is 26.7 Å². The van der Waals surface area contributed by atoms with Gasteiger partial charge in [-0.15, -0.1) is 0 Å². The van der Waals surface area contributed by atoms with E-state index in [1.54, 1.807) is 6.92 Å². The third kappa shape index (κ3) is 4.18. The van der Waals surface area contributed by atoms with Crippen molar-refractivity contribution in [1.29, 1.82) is 0 Å². The molecule has 2 aliphatic rings. The van der Waals surface area contributed by atoms with Gasteiger partial charge in [0.15, 0.2) is 0 Å². The fraction of sp³-hybridized carbons (Fsp3) is 0.476. The fourth-order valence-corrected chi connectivity index (χ4v) is 3.88. The lowest BCUT2D eigenvalue weighted by atomic mass is 10.2. The summed E-state index contributed by atoms with van der Waals surface area (Å²) in [5.74, 6) is 1.66. The number of anilines is 4. The van der Waals surface area contributed by atoms with Crippen molar-refractivity contribution in [3.8, 4) is 0 Å². The molecule has 2 fully saturated rings. The lowest BCUT2D eigenvalue weighted by molar-refractivity contribution is -0.129. The first-order valence-electron chi connectivity index (χ1n) is 10.1. The van der Waals surface area contributed by atoms with Gasteiger partial charge in [-0.1, -0.05) is 0 Å². The number of nitrogens with zero attached hydrogens (tertiary/aromatic N) is 5. The summed E-state index contributed by atoms with van der Waals surface area (Å²) in [6, 6.07) is 10.5. The van der Waals surface area contributed by atoms with Crippen LogP contribution in [0.1, 0.15) is 25.5 Å². The molecule has 0 aliphatic carbocycles. The summed E-state index contributed by atoms with van der Waals surface area (Å²) in [5.41, 5.74) is 3.19. The first kappa shape index (κ1) is 18.5. The summed E-state index contributed by atoms with van der Waals surface area (Å²) in [6.45, 7) is 8.96. The largest absolute Gasteiger partial charge is 0.372 e. The van der Waals surface area contributed by atoms with Gasteiger partial charge in [0.1, 0.15) is 5.82 Å². The van der Waals surface area contributed by atoms with Crippen LogP contribution in [-0.2, 0) is 4.79 Å². The molecule has 7 heteroatoms. The number of aryl methyl sites for hydroxylation is 1. The van der Waals surface area contributed by atoms with E-state index in [4.69, 9.17) is 4.98 Å². The predicted molar refractivity (Wildman–Crippen MR) is 112 cm³/mol. The van der Waals surface area contributed by atoms with Crippen LogP contribution in [0.5, 0.6) is 0 Å². The average Bonchev–Trinajstić information content (AvgIpc) is 3.23. The topological polar surface area (TPSA) is 64.6 Å². The molecule has 3 heterocycles. The molecule has 0 unspecified atom stereocenters. The number of hydrogen-bond acceptors (Lipinski definition) is 6. The van der Waals surface area contributed by atoms with E-state index in [9.17, 15) is 4.79 Å². The lowest BCUT2D eigenvalue weighted by Crippen LogP contribution is -2.48. The minimum absolute atomic E-state index is 0.137. The van der Waals surface area contributed by atoms with Gasteiger partial charge in [-0.05, 0) is 44.0 Å². The highest BCUT2D eigenvalue weighted by Gasteiger charge is 2.20. The second-order valence-electron chi connectivity index (χ2n) is 7.55. The second kappa shape index (κ2) is 8.04. The van der Waals surface area contributed by atoms with Gasteiger partial charge < -0.3 is 20.0 Å². The van der Waals surface area contributed by atoms with Gasteiger partial charge >= 0.3 is 0 Å². The predicted octanol–water partition coefficient (Wildman–Crippen LogP) is 2.80. The van der Waals surface area contributed by atoms with Crippen LogP contribution < -0.4 is 15.1 Å². The maximum absolute atomic E-state index is 11.5. The number of amides is 1. The van der Waals surface area contributed by atoms with E-state index in [2.05, 4.69) is 44.4 Å². The summed E-state index contributed by atoms with van der Waals surface area (Å²) in [7, 11) is 0. The van der Waals surface area contributed by atoms with Crippen LogP contribution >= 0.6 is 0 Å². The molecule has 2 aliphatic heterocycles. The zero-order chi connectivity index (χ0) is 19.5. The Kier molecular flexibility index (Phi) is 5.32. The standard InChI is InChI=1S/C21H28N6O/c1-16-15-20(27-13-11-25(12-14-27)17(2)28)24-21(22-16)23-18-5-7-19(8-6-18)26-9-3-4-10-26/h5-8,15H,3-4,9-14H2,1-2H3,(H,22,23,24). The Morgan fingerprint density at radius 2 is 1.61 bits per heavy atom. The van der Waals surface area contributed by atoms with Gasteiger partial charge in [-0.2, -0.15) is 4.98 Å². The zero-order valence-electron chi connectivity index (χ0n) is 16.7. The summed E-state index contributed by atoms with van der Waals surface area (Å²) in [6.07, 6.45) is 2.56. The van der Waals surface area contributed by atoms with E-state index in [-0.39, 0.29) is 5.91 Å².